The largest absolute Gasteiger partial charge is 0.425 e. The lowest BCUT2D eigenvalue weighted by molar-refractivity contribution is -0.0279. The van der Waals surface area contributed by atoms with Crippen LogP contribution in [0.15, 0.2) is 17.7 Å². The van der Waals surface area contributed by atoms with Gasteiger partial charge in [-0.25, -0.2) is 0 Å². The van der Waals surface area contributed by atoms with Crippen LogP contribution in [0.5, 0.6) is 0 Å². The van der Waals surface area contributed by atoms with E-state index in [0.29, 0.717) is 41.8 Å². The molecular formula is C63H96N10O4. The summed E-state index contributed by atoms with van der Waals surface area (Å²) >= 11 is 0. The number of rotatable bonds is 14. The van der Waals surface area contributed by atoms with Crippen LogP contribution in [0.1, 0.15) is 352 Å². The molecule has 0 radical (unpaired) electrons. The summed E-state index contributed by atoms with van der Waals surface area (Å²) in [6.07, 6.45) is 47.7. The van der Waals surface area contributed by atoms with Crippen LogP contribution in [-0.4, -0.2) is 86.8 Å². The lowest BCUT2D eigenvalue weighted by atomic mass is 9.72. The van der Waals surface area contributed by atoms with E-state index in [4.69, 9.17) is 58.5 Å². The molecule has 77 heavy (non-hydrogen) atoms. The van der Waals surface area contributed by atoms with Crippen LogP contribution in [0.2, 0.25) is 0 Å². The average molecular weight is 1060 g/mol. The maximum absolute atomic E-state index is 6.98. The van der Waals surface area contributed by atoms with Gasteiger partial charge in [0.05, 0.1) is 5.92 Å². The quantitative estimate of drug-likeness (QED) is 0.117. The Morgan fingerprint density at radius 3 is 0.961 bits per heavy atom. The van der Waals surface area contributed by atoms with Crippen LogP contribution in [0, 0.1) is 5.92 Å². The summed E-state index contributed by atoms with van der Waals surface area (Å²) in [5, 5.41) is 39.3. The van der Waals surface area contributed by atoms with E-state index >= 15 is 0 Å². The van der Waals surface area contributed by atoms with Crippen LogP contribution in [-0.2, 0) is 0 Å². The van der Waals surface area contributed by atoms with Gasteiger partial charge in [-0.15, -0.1) is 40.8 Å². The zero-order valence-electron chi connectivity index (χ0n) is 47.3. The van der Waals surface area contributed by atoms with E-state index in [1.54, 1.807) is 0 Å². The molecule has 0 spiro atoms. The number of hydrogen-bond acceptors (Lipinski definition) is 14. The lowest BCUT2D eigenvalue weighted by Gasteiger charge is -2.53. The minimum absolute atomic E-state index is 0.00857. The Morgan fingerprint density at radius 2 is 0.545 bits per heavy atom. The molecule has 4 heterocycles. The van der Waals surface area contributed by atoms with Gasteiger partial charge in [0.15, 0.2) is 0 Å². The van der Waals surface area contributed by atoms with E-state index in [2.05, 4.69) is 16.7 Å². The minimum atomic E-state index is -0.00857. The van der Waals surface area contributed by atoms with Crippen molar-refractivity contribution in [2.75, 3.05) is 0 Å². The molecular weight excluding hydrogens is 961 g/mol. The van der Waals surface area contributed by atoms with Gasteiger partial charge in [0.2, 0.25) is 47.1 Å². The number of nitrogens with zero attached hydrogens (tertiary/aromatic N) is 10. The molecule has 4 aromatic rings. The zero-order valence-corrected chi connectivity index (χ0v) is 47.3. The Morgan fingerprint density at radius 1 is 0.247 bits per heavy atom. The van der Waals surface area contributed by atoms with Crippen LogP contribution in [0.4, 0.5) is 0 Å². The van der Waals surface area contributed by atoms with E-state index < -0.39 is 0 Å². The van der Waals surface area contributed by atoms with Crippen LogP contribution in [0.3, 0.4) is 0 Å². The zero-order chi connectivity index (χ0) is 51.5. The summed E-state index contributed by atoms with van der Waals surface area (Å²) in [5.74, 6) is 9.22. The molecule has 9 fully saturated rings. The van der Waals surface area contributed by atoms with Gasteiger partial charge in [-0.1, -0.05) is 103 Å². The Hall–Kier alpha value is -3.52. The summed E-state index contributed by atoms with van der Waals surface area (Å²) in [6.45, 7) is 2.49. The smallest absolute Gasteiger partial charge is 0.220 e. The highest BCUT2D eigenvalue weighted by atomic mass is 16.4. The average Bonchev–Trinajstić information content (AvgIpc) is 4.37. The molecule has 5 atom stereocenters. The Bertz CT molecular complexity index is 2360. The van der Waals surface area contributed by atoms with Crippen LogP contribution in [0.25, 0.3) is 0 Å². The van der Waals surface area contributed by atoms with Crippen LogP contribution >= 0.6 is 0 Å². The molecule has 14 nitrogen and oxygen atoms in total. The standard InChI is InChI=1S/C63H96N10O4/c1-41-27-29-49(30-28-41)72(48-25-15-6-16-26-48)50-31-33-51(34-32-50)73(52-35-36-54(62-70-66-58(76-62)44-21-11-4-12-22-44)55(40-52)63-71-67-59(77-63)45-23-13-5-14-24-45)53-38-46(60-68-64-56(74-60)42-17-7-2-8-18-42)37-47(39-53)61-69-65-57(75-61)43-19-9-3-10-20-43/h41-55H,2-40H2,1H3. The van der Waals surface area contributed by atoms with E-state index in [0.717, 1.165) is 155 Å². The Labute approximate surface area is 460 Å². The minimum Gasteiger partial charge on any atom is -0.425 e. The molecule has 9 saturated carbocycles. The van der Waals surface area contributed by atoms with Crippen molar-refractivity contribution in [2.24, 2.45) is 5.92 Å². The van der Waals surface area contributed by atoms with Gasteiger partial charge in [0.25, 0.3) is 0 Å². The molecule has 0 aromatic carbocycles. The fourth-order valence-electron chi connectivity index (χ4n) is 18.0. The summed E-state index contributed by atoms with van der Waals surface area (Å²) < 4.78 is 27.6. The van der Waals surface area contributed by atoms with Crippen molar-refractivity contribution in [1.29, 1.82) is 0 Å². The van der Waals surface area contributed by atoms with E-state index in [9.17, 15) is 0 Å². The highest BCUT2D eigenvalue weighted by molar-refractivity contribution is 5.14. The van der Waals surface area contributed by atoms with Crippen molar-refractivity contribution in [1.82, 2.24) is 50.6 Å². The first kappa shape index (κ1) is 52.8. The van der Waals surface area contributed by atoms with Gasteiger partial charge in [-0.3, -0.25) is 9.80 Å². The molecule has 13 rings (SSSR count). The summed E-state index contributed by atoms with van der Waals surface area (Å²) in [7, 11) is 0. The van der Waals surface area contributed by atoms with Gasteiger partial charge in [0, 0.05) is 77.7 Å². The second-order valence-electron chi connectivity index (χ2n) is 27.3. The van der Waals surface area contributed by atoms with Crippen molar-refractivity contribution < 1.29 is 17.7 Å². The fourth-order valence-corrected chi connectivity index (χ4v) is 18.0. The molecule has 422 valence electrons. The van der Waals surface area contributed by atoms with E-state index in [1.165, 1.54) is 161 Å². The monoisotopic (exact) mass is 1060 g/mol. The highest BCUT2D eigenvalue weighted by Gasteiger charge is 2.49. The topological polar surface area (TPSA) is 162 Å². The van der Waals surface area contributed by atoms with Gasteiger partial charge >= 0.3 is 0 Å². The molecule has 0 N–H and O–H groups in total. The van der Waals surface area contributed by atoms with Crippen molar-refractivity contribution in [2.45, 2.75) is 341 Å². The van der Waals surface area contributed by atoms with Gasteiger partial charge in [0.1, 0.15) is 0 Å². The third-order valence-corrected chi connectivity index (χ3v) is 22.2. The summed E-state index contributed by atoms with van der Waals surface area (Å²) in [4.78, 5) is 6.27. The summed E-state index contributed by atoms with van der Waals surface area (Å²) in [6, 6.07) is 3.22. The normalized spacial score (nSPS) is 33.5. The molecule has 4 aromatic heterocycles. The second-order valence-corrected chi connectivity index (χ2v) is 27.3. The summed E-state index contributed by atoms with van der Waals surface area (Å²) in [5.41, 5.74) is 0. The van der Waals surface area contributed by atoms with E-state index in [1.807, 2.05) is 0 Å². The fraction of sp³-hybridized carbons (Fsp3) is 0.873. The van der Waals surface area contributed by atoms with Crippen molar-refractivity contribution in [3.8, 4) is 0 Å². The van der Waals surface area contributed by atoms with Crippen LogP contribution < -0.4 is 0 Å². The number of aromatic nitrogens is 8. The van der Waals surface area contributed by atoms with Gasteiger partial charge in [-0.2, -0.15) is 0 Å². The predicted octanol–water partition coefficient (Wildman–Crippen LogP) is 15.8. The molecule has 0 saturated heterocycles. The molecule has 9 aliphatic carbocycles. The molecule has 5 unspecified atom stereocenters. The highest BCUT2D eigenvalue weighted by Crippen LogP contribution is 2.52. The molecule has 0 amide bonds. The van der Waals surface area contributed by atoms with Gasteiger partial charge < -0.3 is 17.7 Å². The van der Waals surface area contributed by atoms with Crippen molar-refractivity contribution in [3.63, 3.8) is 0 Å². The molecule has 14 heteroatoms. The maximum atomic E-state index is 6.98. The Kier molecular flexibility index (Phi) is 16.9. The number of hydrogen-bond donors (Lipinski definition) is 0. The molecule has 0 bridgehead atoms. The van der Waals surface area contributed by atoms with E-state index in [-0.39, 0.29) is 29.7 Å². The third kappa shape index (κ3) is 12.0. The lowest BCUT2D eigenvalue weighted by Crippen LogP contribution is -2.57. The van der Waals surface area contributed by atoms with Crippen molar-refractivity contribution in [3.05, 3.63) is 47.1 Å². The first-order valence-electron chi connectivity index (χ1n) is 32.9. The third-order valence-electron chi connectivity index (χ3n) is 22.2. The second kappa shape index (κ2) is 24.7. The maximum Gasteiger partial charge on any atom is 0.220 e. The Balaban J connectivity index is 0.844. The van der Waals surface area contributed by atoms with Gasteiger partial charge in [-0.05, 0) is 160 Å². The molecule has 9 aliphatic rings. The SMILES string of the molecule is CC1CCC(N(C2CCCCC2)C2CCC(N(C3CC(c4nnc(C5CCCCC5)o4)CC(c4nnc(C5CCCCC5)o4)C3)C3CCC(c4nnc(C5CCCCC5)o4)C(c4nnc(C5CCCCC5)o4)C3)CC2)CC1. The first-order chi connectivity index (χ1) is 38.0. The predicted molar refractivity (Wildman–Crippen MR) is 295 cm³/mol. The van der Waals surface area contributed by atoms with Crippen molar-refractivity contribution >= 4 is 0 Å². The first-order valence-corrected chi connectivity index (χ1v) is 32.9. The molecule has 0 aliphatic heterocycles.